The van der Waals surface area contributed by atoms with Gasteiger partial charge in [0.25, 0.3) is 0 Å². The van der Waals surface area contributed by atoms with Gasteiger partial charge in [-0.1, -0.05) is 218 Å². The quantitative estimate of drug-likeness (QED) is 0.107. The van der Waals surface area contributed by atoms with Crippen LogP contribution in [0, 0.1) is 0 Å². The topological polar surface area (TPSA) is 43.6 Å². The zero-order chi connectivity index (χ0) is 65.7. The van der Waals surface area contributed by atoms with Crippen molar-refractivity contribution in [1.82, 2.24) is 19.5 Å². The van der Waals surface area contributed by atoms with E-state index in [0.29, 0.717) is 0 Å². The number of rotatable bonds is 9. The summed E-state index contributed by atoms with van der Waals surface area (Å²) in [7, 11) is -3.39. The predicted octanol–water partition coefficient (Wildman–Crippen LogP) is 12.6. The highest BCUT2D eigenvalue weighted by Crippen LogP contribution is 2.40. The Morgan fingerprint density at radius 2 is 0.884 bits per heavy atom. The molecule has 0 aliphatic heterocycles. The molecule has 5 heteroatoms. The van der Waals surface area contributed by atoms with Gasteiger partial charge in [-0.15, -0.1) is 0 Å². The Bertz CT molecular complexity index is 5070. The van der Waals surface area contributed by atoms with Crippen molar-refractivity contribution in [2.24, 2.45) is 0 Å². The number of aromatic nitrogens is 4. The van der Waals surface area contributed by atoms with Crippen LogP contribution in [-0.2, 0) is 6.42 Å². The van der Waals surface area contributed by atoms with Crippen molar-refractivity contribution >= 4 is 50.6 Å². The van der Waals surface area contributed by atoms with Crippen molar-refractivity contribution in [1.29, 1.82) is 0 Å². The molecule has 2 aromatic heterocycles. The van der Waals surface area contributed by atoms with Crippen LogP contribution in [0.3, 0.4) is 0 Å². The zero-order valence-electron chi connectivity index (χ0n) is 59.0. The van der Waals surface area contributed by atoms with Crippen molar-refractivity contribution in [3.8, 4) is 62.1 Å². The zero-order valence-corrected chi connectivity index (χ0v) is 37.0. The molecule has 13 rings (SSSR count). The van der Waals surface area contributed by atoms with Crippen molar-refractivity contribution < 1.29 is 31.5 Å². The molecule has 0 saturated heterocycles. The lowest BCUT2D eigenvalue weighted by molar-refractivity contribution is 1.07. The standard InChI is InChI=1S/C64H44N4Si/c1-4-25-52(26-5-1)69(53-27-6-2-7-28-53,54-29-8-3-9-30-54)55-31-18-23-50(42-55)64-66-62(48-21-16-20-44(39-48)45-37-38-47-40-46-19-10-11-32-56(46)59(47)43-45)65-63(67-64)49-22-17-24-51(41-49)68-60-35-14-12-33-57(60)58-34-13-15-36-61(58)68/h1-39,41-43H,40H2/i10D,11D,12D,13D,14D,15D,16D,17D,19D,20D,21D,22D,24D,32D,33D,34D,35D,36D,37D,38D,39D,41D,43D. The van der Waals surface area contributed by atoms with Crippen LogP contribution in [-0.4, -0.2) is 27.6 Å². The summed E-state index contributed by atoms with van der Waals surface area (Å²) < 4.78 is 212. The highest BCUT2D eigenvalue weighted by atomic mass is 28.3. The van der Waals surface area contributed by atoms with E-state index in [4.69, 9.17) is 28.7 Å². The minimum Gasteiger partial charge on any atom is -0.309 e. The number of para-hydroxylation sites is 2. The Morgan fingerprint density at radius 1 is 0.377 bits per heavy atom. The number of benzene rings is 10. The molecule has 0 amide bonds. The number of hydrogen-bond donors (Lipinski definition) is 0. The summed E-state index contributed by atoms with van der Waals surface area (Å²) in [5.74, 6) is -1.56. The second kappa shape index (κ2) is 16.8. The first-order valence-corrected chi connectivity index (χ1v) is 23.8. The first kappa shape index (κ1) is 23.3. The maximum absolute atomic E-state index is 10.1. The second-order valence-corrected chi connectivity index (χ2v) is 19.9. The van der Waals surface area contributed by atoms with E-state index in [1.54, 1.807) is 12.1 Å². The maximum atomic E-state index is 10.1. The summed E-state index contributed by atoms with van der Waals surface area (Å²) in [6.45, 7) is 0. The minimum absolute atomic E-state index is 0.0194. The molecule has 0 spiro atoms. The van der Waals surface area contributed by atoms with Crippen LogP contribution >= 0.6 is 0 Å². The largest absolute Gasteiger partial charge is 0.309 e. The molecule has 12 aromatic rings. The predicted molar refractivity (Wildman–Crippen MR) is 288 cm³/mol. The molecule has 0 bridgehead atoms. The molecule has 0 radical (unpaired) electrons. The van der Waals surface area contributed by atoms with Crippen LogP contribution < -0.4 is 20.7 Å². The minimum atomic E-state index is -3.39. The molecular weight excluding hydrogens is 853 g/mol. The highest BCUT2D eigenvalue weighted by Gasteiger charge is 2.41. The van der Waals surface area contributed by atoms with E-state index >= 15 is 0 Å². The fourth-order valence-corrected chi connectivity index (χ4v) is 14.0. The third-order valence-corrected chi connectivity index (χ3v) is 17.0. The maximum Gasteiger partial charge on any atom is 0.179 e. The summed E-state index contributed by atoms with van der Waals surface area (Å²) in [4.78, 5) is 14.5. The van der Waals surface area contributed by atoms with Gasteiger partial charge >= 0.3 is 0 Å². The third-order valence-electron chi connectivity index (χ3n) is 12.3. The van der Waals surface area contributed by atoms with Crippen LogP contribution in [0.1, 0.15) is 42.7 Å². The second-order valence-electron chi connectivity index (χ2n) is 16.1. The van der Waals surface area contributed by atoms with Gasteiger partial charge in [-0.25, -0.2) is 15.0 Å². The number of hydrogen-bond acceptors (Lipinski definition) is 3. The Balaban J connectivity index is 1.15. The van der Waals surface area contributed by atoms with E-state index in [9.17, 15) is 17.8 Å². The smallest absolute Gasteiger partial charge is 0.179 e. The normalized spacial score (nSPS) is 16.7. The summed E-state index contributed by atoms with van der Waals surface area (Å²) in [6, 6.07) is 19.5. The van der Waals surface area contributed by atoms with E-state index in [1.807, 2.05) is 103 Å². The summed E-state index contributed by atoms with van der Waals surface area (Å²) in [5, 5.41) is 2.86. The van der Waals surface area contributed by atoms with Gasteiger partial charge in [0, 0.05) is 33.2 Å². The van der Waals surface area contributed by atoms with Gasteiger partial charge in [-0.2, -0.15) is 0 Å². The van der Waals surface area contributed by atoms with Gasteiger partial charge in [0.15, 0.2) is 25.5 Å². The van der Waals surface area contributed by atoms with Gasteiger partial charge in [-0.3, -0.25) is 0 Å². The van der Waals surface area contributed by atoms with Crippen molar-refractivity contribution in [3.63, 3.8) is 0 Å². The molecule has 69 heavy (non-hydrogen) atoms. The van der Waals surface area contributed by atoms with Gasteiger partial charge < -0.3 is 4.57 Å². The molecule has 0 N–H and O–H groups in total. The van der Waals surface area contributed by atoms with Gasteiger partial charge in [0.1, 0.15) is 0 Å². The first-order valence-electron chi connectivity index (χ1n) is 33.3. The Hall–Kier alpha value is -8.77. The first-order chi connectivity index (χ1) is 43.8. The lowest BCUT2D eigenvalue weighted by Gasteiger charge is -2.34. The molecular formula is C64H44N4Si. The van der Waals surface area contributed by atoms with E-state index in [1.165, 1.54) is 0 Å². The van der Waals surface area contributed by atoms with Crippen LogP contribution in [0.2, 0.25) is 0 Å². The Labute approximate surface area is 434 Å². The lowest BCUT2D eigenvalue weighted by Crippen LogP contribution is -2.74. The summed E-state index contributed by atoms with van der Waals surface area (Å²) >= 11 is 0. The third kappa shape index (κ3) is 6.94. The molecule has 4 nitrogen and oxygen atoms in total. The molecule has 10 aromatic carbocycles. The number of nitrogens with zero attached hydrogens (tertiary/aromatic N) is 4. The Kier molecular flexibility index (Phi) is 5.68. The van der Waals surface area contributed by atoms with Crippen LogP contribution in [0.5, 0.6) is 0 Å². The molecule has 0 fully saturated rings. The average molecular weight is 920 g/mol. The van der Waals surface area contributed by atoms with E-state index < -0.39 is 208 Å². The van der Waals surface area contributed by atoms with E-state index in [0.717, 1.165) is 25.3 Å². The van der Waals surface area contributed by atoms with Gasteiger partial charge in [0.05, 0.1) is 42.6 Å². The van der Waals surface area contributed by atoms with Crippen molar-refractivity contribution in [2.75, 3.05) is 0 Å². The molecule has 324 valence electrons. The molecule has 0 saturated carbocycles. The van der Waals surface area contributed by atoms with E-state index in [-0.39, 0.29) is 40.1 Å². The fraction of sp³-hybridized carbons (Fsp3) is 0.0156. The molecule has 1 aliphatic rings. The van der Waals surface area contributed by atoms with Crippen LogP contribution in [0.15, 0.2) is 254 Å². The average Bonchev–Trinajstić information content (AvgIpc) is 1.51. The summed E-state index contributed by atoms with van der Waals surface area (Å²) in [5.41, 5.74) is -4.17. The van der Waals surface area contributed by atoms with Gasteiger partial charge in [0.2, 0.25) is 0 Å². The van der Waals surface area contributed by atoms with Gasteiger partial charge in [-0.05, 0) is 96.8 Å². The Morgan fingerprint density at radius 3 is 1.54 bits per heavy atom. The number of fused-ring (bicyclic) bond motifs is 6. The van der Waals surface area contributed by atoms with E-state index in [2.05, 4.69) is 0 Å². The SMILES string of the molecule is [2H]c1c([2H])c([2H])c2c(c1[2H])Cc1c([2H])c([2H])c(-c3c([2H])c([2H])c([2H])c(-c4nc(-c5cccc([Si](c6ccccc6)(c6ccccc6)c6ccccc6)c5)nc(-c5c([2H])c([2H])c([2H])c(-n6c7c([2H])c([2H])c([2H])c([2H])c7c7c([2H])c([2H])c([2H])c([2H])c76)c5[2H])n4)c3[2H])c([2H])c1-2. The monoisotopic (exact) mass is 919 g/mol. The summed E-state index contributed by atoms with van der Waals surface area (Å²) in [6.07, 6.45) is -0.251. The lowest BCUT2D eigenvalue weighted by atomic mass is 9.97. The van der Waals surface area contributed by atoms with Crippen molar-refractivity contribution in [3.05, 3.63) is 265 Å². The fourth-order valence-electron chi connectivity index (χ4n) is 9.23. The van der Waals surface area contributed by atoms with Crippen LogP contribution in [0.4, 0.5) is 0 Å². The molecule has 0 atom stereocenters. The molecule has 1 aliphatic carbocycles. The van der Waals surface area contributed by atoms with Crippen molar-refractivity contribution in [2.45, 2.75) is 6.42 Å². The van der Waals surface area contributed by atoms with Crippen LogP contribution in [0.25, 0.3) is 83.9 Å². The molecule has 2 heterocycles. The molecule has 0 unspecified atom stereocenters. The highest BCUT2D eigenvalue weighted by molar-refractivity contribution is 7.19.